The fourth-order valence-corrected chi connectivity index (χ4v) is 3.43. The second-order valence-electron chi connectivity index (χ2n) is 7.12. The molecular formula is C24H22N4O4. The average Bonchev–Trinajstić information content (AvgIpc) is 3.29. The number of hydrogen-bond acceptors (Lipinski definition) is 5. The maximum Gasteiger partial charge on any atom is 0.255 e. The molecule has 0 aliphatic heterocycles. The van der Waals surface area contributed by atoms with Gasteiger partial charge in [0.2, 0.25) is 0 Å². The van der Waals surface area contributed by atoms with Crippen molar-refractivity contribution in [2.24, 2.45) is 5.73 Å². The number of nitrogens with one attached hydrogen (secondary N) is 2. The number of methoxy groups -OCH3 is 1. The molecule has 0 bridgehead atoms. The molecule has 8 heteroatoms. The Bertz CT molecular complexity index is 1250. The van der Waals surface area contributed by atoms with Crippen LogP contribution in [0.4, 0.5) is 0 Å². The van der Waals surface area contributed by atoms with E-state index in [0.29, 0.717) is 17.1 Å². The molecule has 32 heavy (non-hydrogen) atoms. The van der Waals surface area contributed by atoms with Crippen LogP contribution in [-0.2, 0) is 4.79 Å². The van der Waals surface area contributed by atoms with Gasteiger partial charge in [-0.25, -0.2) is 4.98 Å². The first kappa shape index (κ1) is 20.9. The number of imidazole rings is 1. The van der Waals surface area contributed by atoms with E-state index < -0.39 is 5.91 Å². The normalized spacial score (nSPS) is 11.7. The molecule has 8 nitrogen and oxygen atoms in total. The van der Waals surface area contributed by atoms with Gasteiger partial charge in [0.05, 0.1) is 30.5 Å². The molecule has 162 valence electrons. The number of nitrogens with zero attached hydrogens (tertiary/aromatic N) is 1. The van der Waals surface area contributed by atoms with E-state index in [1.54, 1.807) is 24.5 Å². The quantitative estimate of drug-likeness (QED) is 0.397. The van der Waals surface area contributed by atoms with Gasteiger partial charge in [0.1, 0.15) is 0 Å². The molecule has 0 aliphatic rings. The lowest BCUT2D eigenvalue weighted by molar-refractivity contribution is -0.119. The molecule has 4 aromatic rings. The molecule has 0 spiro atoms. The van der Waals surface area contributed by atoms with Gasteiger partial charge >= 0.3 is 0 Å². The van der Waals surface area contributed by atoms with Crippen molar-refractivity contribution in [3.63, 3.8) is 0 Å². The number of rotatable bonds is 8. The first-order chi connectivity index (χ1) is 15.5. The minimum Gasteiger partial charge on any atom is -0.493 e. The summed E-state index contributed by atoms with van der Waals surface area (Å²) >= 11 is 0. The summed E-state index contributed by atoms with van der Waals surface area (Å²) in [5, 5.41) is 3.10. The molecule has 0 fully saturated rings. The molecule has 4 N–H and O–H groups in total. The molecule has 0 saturated carbocycles. The van der Waals surface area contributed by atoms with Gasteiger partial charge in [-0.15, -0.1) is 0 Å². The number of fused-ring (bicyclic) bond motifs is 1. The van der Waals surface area contributed by atoms with E-state index in [1.807, 2.05) is 48.5 Å². The summed E-state index contributed by atoms with van der Waals surface area (Å²) in [7, 11) is 1.46. The Morgan fingerprint density at radius 1 is 1.03 bits per heavy atom. The molecule has 1 atom stereocenters. The van der Waals surface area contributed by atoms with E-state index in [-0.39, 0.29) is 18.6 Å². The second-order valence-corrected chi connectivity index (χ2v) is 7.12. The van der Waals surface area contributed by atoms with Crippen molar-refractivity contribution in [1.29, 1.82) is 0 Å². The van der Waals surface area contributed by atoms with Crippen LogP contribution in [0.2, 0.25) is 0 Å². The van der Waals surface area contributed by atoms with Crippen LogP contribution in [0.3, 0.4) is 0 Å². The molecule has 1 aromatic heterocycles. The Morgan fingerprint density at radius 2 is 1.84 bits per heavy atom. The van der Waals surface area contributed by atoms with Gasteiger partial charge in [0, 0.05) is 5.56 Å². The molecule has 0 radical (unpaired) electrons. The summed E-state index contributed by atoms with van der Waals surface area (Å²) in [6, 6.07) is 19.9. The van der Waals surface area contributed by atoms with Crippen molar-refractivity contribution < 1.29 is 19.1 Å². The van der Waals surface area contributed by atoms with Crippen LogP contribution in [0.15, 0.2) is 73.1 Å². The highest BCUT2D eigenvalue weighted by atomic mass is 16.5. The van der Waals surface area contributed by atoms with Crippen molar-refractivity contribution in [2.75, 3.05) is 13.7 Å². The van der Waals surface area contributed by atoms with Crippen LogP contribution >= 0.6 is 0 Å². The zero-order valence-electron chi connectivity index (χ0n) is 17.4. The fourth-order valence-electron chi connectivity index (χ4n) is 3.43. The summed E-state index contributed by atoms with van der Waals surface area (Å²) in [5.74, 6) is -0.238. The van der Waals surface area contributed by atoms with Crippen LogP contribution in [-0.4, -0.2) is 35.5 Å². The molecule has 2 amide bonds. The van der Waals surface area contributed by atoms with Gasteiger partial charge in [0.15, 0.2) is 18.1 Å². The predicted octanol–water partition coefficient (Wildman–Crippen LogP) is 2.96. The third kappa shape index (κ3) is 4.54. The molecular weight excluding hydrogens is 408 g/mol. The number of hydrogen-bond donors (Lipinski definition) is 3. The third-order valence-corrected chi connectivity index (χ3v) is 4.98. The maximum atomic E-state index is 13.2. The van der Waals surface area contributed by atoms with Crippen molar-refractivity contribution in [3.8, 4) is 11.5 Å². The maximum absolute atomic E-state index is 13.2. The van der Waals surface area contributed by atoms with Gasteiger partial charge in [-0.3, -0.25) is 9.59 Å². The fraction of sp³-hybridized carbons (Fsp3) is 0.125. The van der Waals surface area contributed by atoms with E-state index in [1.165, 1.54) is 7.11 Å². The Labute approximate surface area is 184 Å². The number of carbonyl (C=O) groups excluding carboxylic acids is 2. The van der Waals surface area contributed by atoms with Crippen LogP contribution in [0.5, 0.6) is 11.5 Å². The lowest BCUT2D eigenvalue weighted by Crippen LogP contribution is -2.29. The van der Waals surface area contributed by atoms with E-state index in [9.17, 15) is 9.59 Å². The molecule has 1 heterocycles. The first-order valence-corrected chi connectivity index (χ1v) is 9.93. The third-order valence-electron chi connectivity index (χ3n) is 4.98. The number of nitrogens with two attached hydrogens (primary N) is 1. The largest absolute Gasteiger partial charge is 0.493 e. The standard InChI is InChI=1S/C24H22N4O4/c1-31-21-12-17(8-10-20(21)32-13-22(25)29)24(30)28-23(15-5-3-2-4-6-15)16-7-9-18-19(11-16)27-14-26-18/h2-12,14,23H,13H2,1H3,(H2,25,29)(H,26,27)(H,28,30). The monoisotopic (exact) mass is 430 g/mol. The lowest BCUT2D eigenvalue weighted by Gasteiger charge is -2.20. The van der Waals surface area contributed by atoms with Crippen LogP contribution in [0, 0.1) is 0 Å². The number of H-pyrrole nitrogens is 1. The summed E-state index contributed by atoms with van der Waals surface area (Å²) in [6.45, 7) is -0.284. The van der Waals surface area contributed by atoms with Gasteiger partial charge in [-0.05, 0) is 41.5 Å². The number of aromatic amines is 1. The van der Waals surface area contributed by atoms with E-state index in [2.05, 4.69) is 15.3 Å². The second kappa shape index (κ2) is 9.22. The van der Waals surface area contributed by atoms with Gasteiger partial charge in [0.25, 0.3) is 11.8 Å². The summed E-state index contributed by atoms with van der Waals surface area (Å²) in [5.41, 5.74) is 9.10. The highest BCUT2D eigenvalue weighted by molar-refractivity contribution is 5.95. The predicted molar refractivity (Wildman–Crippen MR) is 120 cm³/mol. The number of carbonyl (C=O) groups is 2. The zero-order chi connectivity index (χ0) is 22.5. The summed E-state index contributed by atoms with van der Waals surface area (Å²) < 4.78 is 10.7. The number of ether oxygens (including phenoxy) is 2. The van der Waals surface area contributed by atoms with E-state index in [0.717, 1.165) is 22.2 Å². The molecule has 0 saturated heterocycles. The highest BCUT2D eigenvalue weighted by Gasteiger charge is 2.20. The van der Waals surface area contributed by atoms with Crippen LogP contribution in [0.25, 0.3) is 11.0 Å². The lowest BCUT2D eigenvalue weighted by atomic mass is 9.97. The smallest absolute Gasteiger partial charge is 0.255 e. The Kier molecular flexibility index (Phi) is 6.03. The molecule has 0 aliphatic carbocycles. The average molecular weight is 430 g/mol. The molecule has 3 aromatic carbocycles. The van der Waals surface area contributed by atoms with Gasteiger partial charge in [-0.1, -0.05) is 36.4 Å². The molecule has 4 rings (SSSR count). The van der Waals surface area contributed by atoms with Crippen LogP contribution in [0.1, 0.15) is 27.5 Å². The Hall–Kier alpha value is -4.33. The van der Waals surface area contributed by atoms with Crippen molar-refractivity contribution in [3.05, 3.63) is 89.7 Å². The first-order valence-electron chi connectivity index (χ1n) is 9.93. The number of primary amides is 1. The topological polar surface area (TPSA) is 119 Å². The van der Waals surface area contributed by atoms with Gasteiger partial charge in [-0.2, -0.15) is 0 Å². The Morgan fingerprint density at radius 3 is 2.59 bits per heavy atom. The van der Waals surface area contributed by atoms with E-state index in [4.69, 9.17) is 15.2 Å². The Balaban J connectivity index is 1.63. The minimum absolute atomic E-state index is 0.284. The van der Waals surface area contributed by atoms with Crippen LogP contribution < -0.4 is 20.5 Å². The summed E-state index contributed by atoms with van der Waals surface area (Å²) in [4.78, 5) is 31.5. The number of benzene rings is 3. The number of aromatic nitrogens is 2. The van der Waals surface area contributed by atoms with Crippen molar-refractivity contribution >= 4 is 22.8 Å². The summed E-state index contributed by atoms with van der Waals surface area (Å²) in [6.07, 6.45) is 1.64. The zero-order valence-corrected chi connectivity index (χ0v) is 17.4. The van der Waals surface area contributed by atoms with Gasteiger partial charge < -0.3 is 25.5 Å². The van der Waals surface area contributed by atoms with Crippen molar-refractivity contribution in [1.82, 2.24) is 15.3 Å². The minimum atomic E-state index is -0.603. The molecule has 1 unspecified atom stereocenters. The van der Waals surface area contributed by atoms with Crippen molar-refractivity contribution in [2.45, 2.75) is 6.04 Å². The number of amides is 2. The SMILES string of the molecule is COc1cc(C(=O)NC(c2ccccc2)c2ccc3nc[nH]c3c2)ccc1OCC(N)=O. The van der Waals surface area contributed by atoms with E-state index >= 15 is 0 Å². The highest BCUT2D eigenvalue weighted by Crippen LogP contribution is 2.29.